The molecule has 3 rings (SSSR count). The highest BCUT2D eigenvalue weighted by Gasteiger charge is 2.18. The van der Waals surface area contributed by atoms with E-state index in [4.69, 9.17) is 21.8 Å². The number of rotatable bonds is 4. The van der Waals surface area contributed by atoms with Gasteiger partial charge in [-0.2, -0.15) is 0 Å². The molecule has 3 aromatic rings. The first kappa shape index (κ1) is 16.9. The standard InChI is InChI=1S/C17H10ClNO5S/c18-13-11-3-1-2-4-12(11)25-14(13)15(20)19-10-6-8(16(21)22)5-9(7-10)17(23)24/h1-7H,(H,19,20)(H,21,22)(H,23,24). The second-order valence-corrected chi connectivity index (χ2v) is 6.53. The molecule has 0 spiro atoms. The van der Waals surface area contributed by atoms with Crippen LogP contribution < -0.4 is 5.32 Å². The van der Waals surface area contributed by atoms with Crippen molar-refractivity contribution >= 4 is 56.6 Å². The number of hydrogen-bond donors (Lipinski definition) is 3. The Bertz CT molecular complexity index is 995. The van der Waals surface area contributed by atoms with Crippen molar-refractivity contribution in [2.45, 2.75) is 0 Å². The van der Waals surface area contributed by atoms with Crippen LogP contribution >= 0.6 is 22.9 Å². The monoisotopic (exact) mass is 375 g/mol. The van der Waals surface area contributed by atoms with Crippen molar-refractivity contribution in [3.63, 3.8) is 0 Å². The van der Waals surface area contributed by atoms with E-state index >= 15 is 0 Å². The Morgan fingerprint density at radius 3 is 2.12 bits per heavy atom. The lowest BCUT2D eigenvalue weighted by Crippen LogP contribution is -2.12. The summed E-state index contributed by atoms with van der Waals surface area (Å²) in [6, 6.07) is 10.6. The molecular formula is C17H10ClNO5S. The van der Waals surface area contributed by atoms with Crippen LogP contribution in [0.2, 0.25) is 5.02 Å². The number of thiophene rings is 1. The quantitative estimate of drug-likeness (QED) is 0.633. The van der Waals surface area contributed by atoms with Gasteiger partial charge in [0.2, 0.25) is 0 Å². The van der Waals surface area contributed by atoms with E-state index in [-0.39, 0.29) is 21.7 Å². The van der Waals surface area contributed by atoms with Crippen molar-refractivity contribution in [3.05, 3.63) is 63.5 Å². The Morgan fingerprint density at radius 2 is 1.56 bits per heavy atom. The second-order valence-electron chi connectivity index (χ2n) is 5.10. The van der Waals surface area contributed by atoms with Crippen LogP contribution in [0, 0.1) is 0 Å². The fourth-order valence-electron chi connectivity index (χ4n) is 2.29. The highest BCUT2D eigenvalue weighted by atomic mass is 35.5. The molecule has 8 heteroatoms. The normalized spacial score (nSPS) is 10.6. The summed E-state index contributed by atoms with van der Waals surface area (Å²) in [6.07, 6.45) is 0. The van der Waals surface area contributed by atoms with E-state index in [0.717, 1.165) is 16.2 Å². The third kappa shape index (κ3) is 3.33. The Balaban J connectivity index is 1.98. The van der Waals surface area contributed by atoms with Gasteiger partial charge in [0.25, 0.3) is 5.91 Å². The van der Waals surface area contributed by atoms with Gasteiger partial charge in [0.1, 0.15) is 4.88 Å². The highest BCUT2D eigenvalue weighted by molar-refractivity contribution is 7.21. The van der Waals surface area contributed by atoms with E-state index in [1.807, 2.05) is 12.1 Å². The zero-order valence-electron chi connectivity index (χ0n) is 12.4. The van der Waals surface area contributed by atoms with Crippen molar-refractivity contribution in [1.29, 1.82) is 0 Å². The SMILES string of the molecule is O=C(O)c1cc(NC(=O)c2sc3ccccc3c2Cl)cc(C(=O)O)c1. The van der Waals surface area contributed by atoms with Gasteiger partial charge in [-0.1, -0.05) is 29.8 Å². The average Bonchev–Trinajstić information content (AvgIpc) is 2.92. The number of carboxylic acid groups (broad SMARTS) is 2. The second kappa shape index (κ2) is 6.54. The van der Waals surface area contributed by atoms with Gasteiger partial charge < -0.3 is 15.5 Å². The zero-order chi connectivity index (χ0) is 18.1. The minimum atomic E-state index is -1.29. The van der Waals surface area contributed by atoms with Gasteiger partial charge in [0.05, 0.1) is 16.1 Å². The topological polar surface area (TPSA) is 104 Å². The van der Waals surface area contributed by atoms with E-state index < -0.39 is 17.8 Å². The molecule has 0 radical (unpaired) electrons. The van der Waals surface area contributed by atoms with E-state index in [0.29, 0.717) is 5.02 Å². The Morgan fingerprint density at radius 1 is 0.960 bits per heavy atom. The van der Waals surface area contributed by atoms with Gasteiger partial charge in [-0.05, 0) is 24.3 Å². The third-order valence-electron chi connectivity index (χ3n) is 3.43. The van der Waals surface area contributed by atoms with Crippen molar-refractivity contribution in [2.24, 2.45) is 0 Å². The molecule has 126 valence electrons. The summed E-state index contributed by atoms with van der Waals surface area (Å²) in [6.45, 7) is 0. The predicted octanol–water partition coefficient (Wildman–Crippen LogP) is 4.20. The van der Waals surface area contributed by atoms with E-state index in [1.165, 1.54) is 23.5 Å². The minimum absolute atomic E-state index is 0.0656. The van der Waals surface area contributed by atoms with Crippen LogP contribution in [0.1, 0.15) is 30.4 Å². The summed E-state index contributed by atoms with van der Waals surface area (Å²) >= 11 is 7.44. The Kier molecular flexibility index (Phi) is 4.43. The molecule has 3 N–H and O–H groups in total. The summed E-state index contributed by atoms with van der Waals surface area (Å²) in [4.78, 5) is 35.0. The molecule has 0 aliphatic carbocycles. The Hall–Kier alpha value is -2.90. The largest absolute Gasteiger partial charge is 0.478 e. The molecule has 25 heavy (non-hydrogen) atoms. The number of carbonyl (C=O) groups excluding carboxylic acids is 1. The summed E-state index contributed by atoms with van der Waals surface area (Å²) < 4.78 is 0.836. The van der Waals surface area contributed by atoms with Gasteiger partial charge in [-0.15, -0.1) is 11.3 Å². The summed E-state index contributed by atoms with van der Waals surface area (Å²) in [5.41, 5.74) is -0.411. The van der Waals surface area contributed by atoms with Crippen LogP contribution in [0.5, 0.6) is 0 Å². The van der Waals surface area contributed by atoms with Gasteiger partial charge in [0.15, 0.2) is 0 Å². The highest BCUT2D eigenvalue weighted by Crippen LogP contribution is 2.35. The van der Waals surface area contributed by atoms with E-state index in [9.17, 15) is 14.4 Å². The number of benzene rings is 2. The molecule has 1 heterocycles. The van der Waals surface area contributed by atoms with Crippen molar-refractivity contribution < 1.29 is 24.6 Å². The molecule has 0 atom stereocenters. The van der Waals surface area contributed by atoms with Gasteiger partial charge in [-0.3, -0.25) is 4.79 Å². The van der Waals surface area contributed by atoms with Crippen LogP contribution in [0.25, 0.3) is 10.1 Å². The van der Waals surface area contributed by atoms with E-state index in [2.05, 4.69) is 5.32 Å². The minimum Gasteiger partial charge on any atom is -0.478 e. The number of amides is 1. The summed E-state index contributed by atoms with van der Waals surface area (Å²) in [7, 11) is 0. The lowest BCUT2D eigenvalue weighted by Gasteiger charge is -2.07. The third-order valence-corrected chi connectivity index (χ3v) is 5.10. The molecule has 0 aliphatic rings. The van der Waals surface area contributed by atoms with Gasteiger partial charge in [-0.25, -0.2) is 9.59 Å². The molecule has 0 aliphatic heterocycles. The first-order valence-electron chi connectivity index (χ1n) is 6.97. The van der Waals surface area contributed by atoms with Crippen LogP contribution in [0.15, 0.2) is 42.5 Å². The van der Waals surface area contributed by atoms with Crippen LogP contribution in [-0.2, 0) is 0 Å². The molecule has 0 bridgehead atoms. The average molecular weight is 376 g/mol. The van der Waals surface area contributed by atoms with Crippen molar-refractivity contribution in [1.82, 2.24) is 0 Å². The number of nitrogens with one attached hydrogen (secondary N) is 1. The number of fused-ring (bicyclic) bond motifs is 1. The number of carboxylic acids is 2. The maximum Gasteiger partial charge on any atom is 0.335 e. The molecule has 1 amide bonds. The molecular weight excluding hydrogens is 366 g/mol. The molecule has 0 saturated carbocycles. The maximum atomic E-state index is 12.5. The fraction of sp³-hybridized carbons (Fsp3) is 0. The first-order valence-corrected chi connectivity index (χ1v) is 8.16. The maximum absolute atomic E-state index is 12.5. The van der Waals surface area contributed by atoms with Gasteiger partial charge >= 0.3 is 11.9 Å². The number of carbonyl (C=O) groups is 3. The summed E-state index contributed by atoms with van der Waals surface area (Å²) in [5, 5.41) is 21.7. The molecule has 0 saturated heterocycles. The van der Waals surface area contributed by atoms with Crippen molar-refractivity contribution in [3.8, 4) is 0 Å². The lowest BCUT2D eigenvalue weighted by atomic mass is 10.1. The predicted molar refractivity (Wildman–Crippen MR) is 95.1 cm³/mol. The molecule has 0 unspecified atom stereocenters. The Labute approximate surface area is 150 Å². The molecule has 0 fully saturated rings. The lowest BCUT2D eigenvalue weighted by molar-refractivity contribution is 0.0696. The number of hydrogen-bond acceptors (Lipinski definition) is 4. The molecule has 2 aromatic carbocycles. The molecule has 6 nitrogen and oxygen atoms in total. The van der Waals surface area contributed by atoms with Crippen molar-refractivity contribution in [2.75, 3.05) is 5.32 Å². The number of aromatic carboxylic acids is 2. The van der Waals surface area contributed by atoms with Crippen LogP contribution in [0.4, 0.5) is 5.69 Å². The van der Waals surface area contributed by atoms with E-state index in [1.54, 1.807) is 12.1 Å². The zero-order valence-corrected chi connectivity index (χ0v) is 14.0. The number of halogens is 1. The first-order chi connectivity index (χ1) is 11.9. The van der Waals surface area contributed by atoms with Gasteiger partial charge in [0, 0.05) is 15.8 Å². The molecule has 1 aromatic heterocycles. The van der Waals surface area contributed by atoms with Crippen LogP contribution in [0.3, 0.4) is 0 Å². The number of anilines is 1. The smallest absolute Gasteiger partial charge is 0.335 e. The summed E-state index contributed by atoms with van der Waals surface area (Å²) in [5.74, 6) is -3.12. The van der Waals surface area contributed by atoms with Crippen LogP contribution in [-0.4, -0.2) is 28.1 Å². The fourth-order valence-corrected chi connectivity index (χ4v) is 3.71.